The summed E-state index contributed by atoms with van der Waals surface area (Å²) in [7, 11) is 0. The van der Waals surface area contributed by atoms with Gasteiger partial charge < -0.3 is 0 Å². The first kappa shape index (κ1) is 13.8. The molecule has 1 aromatic rings. The molecule has 0 aromatic carbocycles. The Morgan fingerprint density at radius 2 is 1.93 bits per heavy atom. The molecule has 0 aliphatic carbocycles. The van der Waals surface area contributed by atoms with Gasteiger partial charge in [0, 0.05) is 11.1 Å². The topological polar surface area (TPSA) is 12.9 Å². The van der Waals surface area contributed by atoms with E-state index in [4.69, 9.17) is 0 Å². The maximum atomic E-state index is 4.66. The third-order valence-corrected chi connectivity index (χ3v) is 4.90. The lowest BCUT2D eigenvalue weighted by molar-refractivity contribution is 0.480. The van der Waals surface area contributed by atoms with Crippen LogP contribution in [0, 0.1) is 5.41 Å². The molecule has 0 atom stereocenters. The maximum Gasteiger partial charge on any atom is 0.150 e. The van der Waals surface area contributed by atoms with E-state index in [-0.39, 0.29) is 3.42 Å². The van der Waals surface area contributed by atoms with Crippen molar-refractivity contribution in [2.75, 3.05) is 5.75 Å². The number of alkyl halides is 1. The zero-order valence-electron chi connectivity index (χ0n) is 9.93. The van der Waals surface area contributed by atoms with Crippen LogP contribution in [0.2, 0.25) is 0 Å². The van der Waals surface area contributed by atoms with Gasteiger partial charge in [0.2, 0.25) is 0 Å². The monoisotopic (exact) mass is 355 g/mol. The Bertz CT molecular complexity index is 320. The highest BCUT2D eigenvalue weighted by atomic mass is 127. The predicted octanol–water partition coefficient (Wildman–Crippen LogP) is 4.95. The lowest BCUT2D eigenvalue weighted by Gasteiger charge is -2.16. The highest BCUT2D eigenvalue weighted by Gasteiger charge is 2.20. The molecule has 0 radical (unpaired) electrons. The Balaban J connectivity index is 2.62. The second-order valence-corrected chi connectivity index (χ2v) is 10.1. The molecule has 15 heavy (non-hydrogen) atoms. The number of thiazole rings is 1. The van der Waals surface area contributed by atoms with Crippen LogP contribution in [0.15, 0.2) is 9.72 Å². The predicted molar refractivity (Wildman–Crippen MR) is 79.3 cm³/mol. The molecule has 0 unspecified atom stereocenters. The molecule has 0 aliphatic heterocycles. The van der Waals surface area contributed by atoms with E-state index in [0.29, 0.717) is 5.41 Å². The first-order valence-electron chi connectivity index (χ1n) is 4.96. The van der Waals surface area contributed by atoms with Crippen LogP contribution < -0.4 is 0 Å². The van der Waals surface area contributed by atoms with Crippen LogP contribution in [0.25, 0.3) is 0 Å². The minimum absolute atomic E-state index is 0.148. The molecule has 0 N–H and O–H groups in total. The number of rotatable bonds is 3. The van der Waals surface area contributed by atoms with Crippen LogP contribution in [0.4, 0.5) is 0 Å². The van der Waals surface area contributed by atoms with Gasteiger partial charge in [-0.3, -0.25) is 0 Å². The van der Waals surface area contributed by atoms with Crippen molar-refractivity contribution in [2.24, 2.45) is 5.41 Å². The minimum Gasteiger partial charge on any atom is -0.233 e. The Labute approximate surface area is 115 Å². The SMILES string of the molecule is CC(C)(C)CSc1nc(C(C)(C)I)cs1. The summed E-state index contributed by atoms with van der Waals surface area (Å²) in [5, 5.41) is 2.18. The van der Waals surface area contributed by atoms with E-state index in [0.717, 1.165) is 5.75 Å². The lowest BCUT2D eigenvalue weighted by atomic mass is 10.0. The summed E-state index contributed by atoms with van der Waals surface area (Å²) in [5.41, 5.74) is 1.57. The number of hydrogen-bond acceptors (Lipinski definition) is 3. The third-order valence-electron chi connectivity index (χ3n) is 1.72. The molecule has 0 amide bonds. The summed E-state index contributed by atoms with van der Waals surface area (Å²) in [5.74, 6) is 1.13. The van der Waals surface area contributed by atoms with Gasteiger partial charge in [-0.05, 0) is 19.3 Å². The van der Waals surface area contributed by atoms with Gasteiger partial charge in [0.1, 0.15) is 4.34 Å². The van der Waals surface area contributed by atoms with Crippen molar-refractivity contribution in [3.63, 3.8) is 0 Å². The summed E-state index contributed by atoms with van der Waals surface area (Å²) in [6.45, 7) is 11.2. The van der Waals surface area contributed by atoms with Crippen LogP contribution in [0.5, 0.6) is 0 Å². The zero-order valence-corrected chi connectivity index (χ0v) is 13.7. The first-order chi connectivity index (χ1) is 6.68. The highest BCUT2D eigenvalue weighted by molar-refractivity contribution is 14.1. The summed E-state index contributed by atoms with van der Waals surface area (Å²) >= 11 is 6.07. The van der Waals surface area contributed by atoms with Crippen molar-refractivity contribution in [1.29, 1.82) is 0 Å². The average Bonchev–Trinajstić information content (AvgIpc) is 2.45. The van der Waals surface area contributed by atoms with Gasteiger partial charge in [0.15, 0.2) is 0 Å². The fraction of sp³-hybridized carbons (Fsp3) is 0.727. The van der Waals surface area contributed by atoms with Gasteiger partial charge in [-0.1, -0.05) is 55.1 Å². The van der Waals surface area contributed by atoms with Crippen molar-refractivity contribution < 1.29 is 0 Å². The van der Waals surface area contributed by atoms with E-state index in [9.17, 15) is 0 Å². The number of halogens is 1. The van der Waals surface area contributed by atoms with Gasteiger partial charge in [-0.2, -0.15) is 0 Å². The number of thioether (sulfide) groups is 1. The fourth-order valence-electron chi connectivity index (χ4n) is 0.875. The van der Waals surface area contributed by atoms with Crippen LogP contribution in [0.1, 0.15) is 40.3 Å². The van der Waals surface area contributed by atoms with E-state index in [1.54, 1.807) is 11.3 Å². The van der Waals surface area contributed by atoms with Crippen molar-refractivity contribution in [3.8, 4) is 0 Å². The molecule has 0 fully saturated rings. The molecule has 1 nitrogen and oxygen atoms in total. The molecule has 0 bridgehead atoms. The molecular formula is C11H18INS2. The van der Waals surface area contributed by atoms with E-state index in [2.05, 4.69) is 67.6 Å². The van der Waals surface area contributed by atoms with Gasteiger partial charge in [-0.15, -0.1) is 11.3 Å². The van der Waals surface area contributed by atoms with Gasteiger partial charge in [0.05, 0.1) is 9.12 Å². The second kappa shape index (κ2) is 4.92. The van der Waals surface area contributed by atoms with Crippen molar-refractivity contribution in [1.82, 2.24) is 4.98 Å². The van der Waals surface area contributed by atoms with Crippen molar-refractivity contribution >= 4 is 45.7 Å². The first-order valence-corrected chi connectivity index (χ1v) is 7.91. The Morgan fingerprint density at radius 3 is 2.33 bits per heavy atom. The Kier molecular flexibility index (Phi) is 4.52. The summed E-state index contributed by atoms with van der Waals surface area (Å²) in [4.78, 5) is 4.66. The third kappa shape index (κ3) is 5.04. The molecule has 1 rings (SSSR count). The Hall–Kier alpha value is 0.710. The second-order valence-electron chi connectivity index (χ2n) is 5.32. The molecule has 0 spiro atoms. The van der Waals surface area contributed by atoms with Crippen LogP contribution in [-0.4, -0.2) is 10.7 Å². The average molecular weight is 355 g/mol. The summed E-state index contributed by atoms with van der Waals surface area (Å²) in [6, 6.07) is 0. The van der Waals surface area contributed by atoms with Gasteiger partial charge in [-0.25, -0.2) is 4.98 Å². The summed E-state index contributed by atoms with van der Waals surface area (Å²) < 4.78 is 1.35. The van der Waals surface area contributed by atoms with E-state index < -0.39 is 0 Å². The van der Waals surface area contributed by atoms with E-state index in [1.165, 1.54) is 10.0 Å². The molecule has 1 aromatic heterocycles. The largest absolute Gasteiger partial charge is 0.233 e. The quantitative estimate of drug-likeness (QED) is 0.432. The van der Waals surface area contributed by atoms with Crippen molar-refractivity contribution in [2.45, 2.75) is 42.4 Å². The number of hydrogen-bond donors (Lipinski definition) is 0. The fourth-order valence-corrected chi connectivity index (χ4v) is 3.39. The standard InChI is InChI=1S/C11H18INS2/c1-10(2,3)7-15-9-13-8(6-14-9)11(4,5)12/h6H,7H2,1-5H3. The molecular weight excluding hydrogens is 337 g/mol. The molecule has 0 saturated heterocycles. The van der Waals surface area contributed by atoms with Gasteiger partial charge in [0.25, 0.3) is 0 Å². The number of nitrogens with zero attached hydrogens (tertiary/aromatic N) is 1. The van der Waals surface area contributed by atoms with Crippen LogP contribution >= 0.6 is 45.7 Å². The molecule has 0 aliphatic rings. The normalized spacial score (nSPS) is 13.2. The molecule has 86 valence electrons. The minimum atomic E-state index is 0.148. The molecule has 1 heterocycles. The maximum absolute atomic E-state index is 4.66. The molecule has 0 saturated carbocycles. The van der Waals surface area contributed by atoms with E-state index >= 15 is 0 Å². The highest BCUT2D eigenvalue weighted by Crippen LogP contribution is 2.35. The van der Waals surface area contributed by atoms with Crippen LogP contribution in [-0.2, 0) is 3.42 Å². The Morgan fingerprint density at radius 1 is 1.33 bits per heavy atom. The molecule has 4 heteroatoms. The van der Waals surface area contributed by atoms with Crippen LogP contribution in [0.3, 0.4) is 0 Å². The summed E-state index contributed by atoms with van der Waals surface area (Å²) in [6.07, 6.45) is 0. The van der Waals surface area contributed by atoms with Gasteiger partial charge >= 0.3 is 0 Å². The zero-order chi connectivity index (χ0) is 11.7. The van der Waals surface area contributed by atoms with E-state index in [1.807, 2.05) is 11.8 Å². The smallest absolute Gasteiger partial charge is 0.150 e. The van der Waals surface area contributed by atoms with Crippen molar-refractivity contribution in [3.05, 3.63) is 11.1 Å². The lowest BCUT2D eigenvalue weighted by Crippen LogP contribution is -2.08. The number of aromatic nitrogens is 1.